The third-order valence-corrected chi connectivity index (χ3v) is 3.08. The number of carbonyl (C=O) groups is 1. The van der Waals surface area contributed by atoms with Gasteiger partial charge in [0.25, 0.3) is 0 Å². The second-order valence-corrected chi connectivity index (χ2v) is 4.37. The van der Waals surface area contributed by atoms with Crippen molar-refractivity contribution >= 4 is 11.7 Å². The number of nitrogens with zero attached hydrogens (tertiary/aromatic N) is 3. The molecule has 2 N–H and O–H groups in total. The van der Waals surface area contributed by atoms with E-state index in [9.17, 15) is 4.79 Å². The minimum atomic E-state index is 0.135. The van der Waals surface area contributed by atoms with E-state index in [-0.39, 0.29) is 5.91 Å². The van der Waals surface area contributed by atoms with Crippen molar-refractivity contribution in [3.8, 4) is 0 Å². The summed E-state index contributed by atoms with van der Waals surface area (Å²) in [5, 5.41) is 4.02. The summed E-state index contributed by atoms with van der Waals surface area (Å²) in [4.78, 5) is 14.0. The van der Waals surface area contributed by atoms with Gasteiger partial charge in [-0.1, -0.05) is 0 Å². The summed E-state index contributed by atoms with van der Waals surface area (Å²) < 4.78 is 1.60. The average molecular weight is 222 g/mol. The molecule has 88 valence electrons. The van der Waals surface area contributed by atoms with E-state index in [1.54, 1.807) is 16.9 Å². The number of hydrogen-bond donors (Lipinski definition) is 1. The normalized spacial score (nSPS) is 21.1. The first-order valence-electron chi connectivity index (χ1n) is 5.75. The van der Waals surface area contributed by atoms with Gasteiger partial charge in [-0.25, -0.2) is 0 Å². The molecule has 2 heterocycles. The molecule has 1 atom stereocenters. The lowest BCUT2D eigenvalue weighted by molar-refractivity contribution is -0.135. The van der Waals surface area contributed by atoms with E-state index in [0.717, 1.165) is 19.4 Å². The molecule has 1 saturated heterocycles. The first-order valence-corrected chi connectivity index (χ1v) is 5.75. The van der Waals surface area contributed by atoms with Crippen molar-refractivity contribution in [3.63, 3.8) is 0 Å². The number of carbonyl (C=O) groups excluding carboxylic acids is 1. The van der Waals surface area contributed by atoms with Crippen molar-refractivity contribution in [1.29, 1.82) is 0 Å². The summed E-state index contributed by atoms with van der Waals surface area (Å²) in [5.74, 6) is 0.592. The van der Waals surface area contributed by atoms with Crippen LogP contribution in [0.15, 0.2) is 12.3 Å². The van der Waals surface area contributed by atoms with Crippen LogP contribution in [-0.2, 0) is 11.3 Å². The average Bonchev–Trinajstić information content (AvgIpc) is 2.64. The monoisotopic (exact) mass is 222 g/mol. The molecule has 0 saturated carbocycles. The lowest BCUT2D eigenvalue weighted by Crippen LogP contribution is -2.43. The van der Waals surface area contributed by atoms with E-state index in [1.165, 1.54) is 6.42 Å². The van der Waals surface area contributed by atoms with Crippen LogP contribution in [0, 0.1) is 0 Å². The number of anilines is 1. The lowest BCUT2D eigenvalue weighted by Gasteiger charge is -2.33. The zero-order chi connectivity index (χ0) is 11.5. The van der Waals surface area contributed by atoms with Crippen LogP contribution < -0.4 is 5.73 Å². The van der Waals surface area contributed by atoms with Gasteiger partial charge in [0.15, 0.2) is 0 Å². The molecule has 1 unspecified atom stereocenters. The fourth-order valence-electron chi connectivity index (χ4n) is 2.16. The van der Waals surface area contributed by atoms with Gasteiger partial charge in [-0.3, -0.25) is 9.48 Å². The summed E-state index contributed by atoms with van der Waals surface area (Å²) in [7, 11) is 0. The van der Waals surface area contributed by atoms with Gasteiger partial charge < -0.3 is 10.6 Å². The summed E-state index contributed by atoms with van der Waals surface area (Å²) in [6, 6.07) is 2.06. The largest absolute Gasteiger partial charge is 0.382 e. The molecule has 1 fully saturated rings. The van der Waals surface area contributed by atoms with Gasteiger partial charge in [0, 0.05) is 18.8 Å². The first kappa shape index (κ1) is 11.0. The number of nitrogen functional groups attached to an aromatic ring is 1. The number of rotatable bonds is 2. The minimum Gasteiger partial charge on any atom is -0.382 e. The Morgan fingerprint density at radius 2 is 2.44 bits per heavy atom. The highest BCUT2D eigenvalue weighted by Crippen LogP contribution is 2.16. The third kappa shape index (κ3) is 2.35. The van der Waals surface area contributed by atoms with Gasteiger partial charge in [0.1, 0.15) is 12.4 Å². The molecule has 1 aliphatic heterocycles. The van der Waals surface area contributed by atoms with E-state index < -0.39 is 0 Å². The summed E-state index contributed by atoms with van der Waals surface area (Å²) in [6.07, 6.45) is 5.17. The second kappa shape index (κ2) is 4.55. The van der Waals surface area contributed by atoms with Crippen LogP contribution in [0.4, 0.5) is 5.82 Å². The van der Waals surface area contributed by atoms with Crippen molar-refractivity contribution in [3.05, 3.63) is 12.3 Å². The Kier molecular flexibility index (Phi) is 3.12. The predicted octanol–water partition coefficient (Wildman–Crippen LogP) is 0.866. The highest BCUT2D eigenvalue weighted by molar-refractivity contribution is 5.76. The number of piperidine rings is 1. The molecule has 16 heavy (non-hydrogen) atoms. The molecule has 0 aromatic carbocycles. The minimum absolute atomic E-state index is 0.135. The SMILES string of the molecule is CC1CCCCN1C(=O)Cn1ccc(N)n1. The molecule has 5 heteroatoms. The fraction of sp³-hybridized carbons (Fsp3) is 0.636. The molecule has 1 amide bonds. The van der Waals surface area contributed by atoms with Crippen LogP contribution in [-0.4, -0.2) is 33.2 Å². The van der Waals surface area contributed by atoms with Gasteiger partial charge in [-0.05, 0) is 32.3 Å². The van der Waals surface area contributed by atoms with E-state index in [1.807, 2.05) is 4.90 Å². The van der Waals surface area contributed by atoms with Gasteiger partial charge in [0.2, 0.25) is 5.91 Å². The van der Waals surface area contributed by atoms with Gasteiger partial charge in [-0.15, -0.1) is 0 Å². The Morgan fingerprint density at radius 1 is 1.62 bits per heavy atom. The summed E-state index contributed by atoms with van der Waals surface area (Å²) >= 11 is 0. The number of likely N-dealkylation sites (tertiary alicyclic amines) is 1. The zero-order valence-electron chi connectivity index (χ0n) is 9.59. The maximum atomic E-state index is 12.0. The van der Waals surface area contributed by atoms with Crippen molar-refractivity contribution in [2.24, 2.45) is 0 Å². The Bertz CT molecular complexity index is 374. The molecule has 5 nitrogen and oxygen atoms in total. The van der Waals surface area contributed by atoms with Crippen LogP contribution in [0.5, 0.6) is 0 Å². The fourth-order valence-corrected chi connectivity index (χ4v) is 2.16. The van der Waals surface area contributed by atoms with Gasteiger partial charge >= 0.3 is 0 Å². The summed E-state index contributed by atoms with van der Waals surface area (Å²) in [6.45, 7) is 3.27. The molecule has 1 aromatic heterocycles. The van der Waals surface area contributed by atoms with E-state index in [2.05, 4.69) is 12.0 Å². The molecule has 0 spiro atoms. The molecule has 1 aromatic rings. The number of aromatic nitrogens is 2. The summed E-state index contributed by atoms with van der Waals surface area (Å²) in [5.41, 5.74) is 5.50. The Labute approximate surface area is 95.2 Å². The number of amides is 1. The maximum Gasteiger partial charge on any atom is 0.244 e. The van der Waals surface area contributed by atoms with E-state index >= 15 is 0 Å². The van der Waals surface area contributed by atoms with Crippen LogP contribution in [0.2, 0.25) is 0 Å². The molecular formula is C11H18N4O. The second-order valence-electron chi connectivity index (χ2n) is 4.37. The van der Waals surface area contributed by atoms with Crippen LogP contribution in [0.1, 0.15) is 26.2 Å². The molecule has 0 radical (unpaired) electrons. The molecule has 1 aliphatic rings. The van der Waals surface area contributed by atoms with Crippen molar-refractivity contribution in [2.75, 3.05) is 12.3 Å². The third-order valence-electron chi connectivity index (χ3n) is 3.08. The van der Waals surface area contributed by atoms with Gasteiger partial charge in [0.05, 0.1) is 0 Å². The molecule has 0 bridgehead atoms. The number of hydrogen-bond acceptors (Lipinski definition) is 3. The van der Waals surface area contributed by atoms with Crippen LogP contribution in [0.25, 0.3) is 0 Å². The topological polar surface area (TPSA) is 64.2 Å². The number of nitrogens with two attached hydrogens (primary N) is 1. The first-order chi connectivity index (χ1) is 7.66. The Balaban J connectivity index is 1.96. The molecular weight excluding hydrogens is 204 g/mol. The van der Waals surface area contributed by atoms with Crippen LogP contribution in [0.3, 0.4) is 0 Å². The quantitative estimate of drug-likeness (QED) is 0.807. The highest BCUT2D eigenvalue weighted by Gasteiger charge is 2.23. The van der Waals surface area contributed by atoms with E-state index in [0.29, 0.717) is 18.4 Å². The van der Waals surface area contributed by atoms with E-state index in [4.69, 9.17) is 5.73 Å². The predicted molar refractivity (Wildman–Crippen MR) is 61.7 cm³/mol. The molecule has 0 aliphatic carbocycles. The smallest absolute Gasteiger partial charge is 0.244 e. The van der Waals surface area contributed by atoms with Crippen molar-refractivity contribution in [1.82, 2.24) is 14.7 Å². The standard InChI is InChI=1S/C11H18N4O/c1-9-4-2-3-6-15(9)11(16)8-14-7-5-10(12)13-14/h5,7,9H,2-4,6,8H2,1H3,(H2,12,13). The Morgan fingerprint density at radius 3 is 3.06 bits per heavy atom. The molecule has 2 rings (SSSR count). The van der Waals surface area contributed by atoms with Gasteiger partial charge in [-0.2, -0.15) is 5.10 Å². The van der Waals surface area contributed by atoms with Crippen molar-refractivity contribution in [2.45, 2.75) is 38.8 Å². The maximum absolute atomic E-state index is 12.0. The Hall–Kier alpha value is -1.52. The van der Waals surface area contributed by atoms with Crippen LogP contribution >= 0.6 is 0 Å². The zero-order valence-corrected chi connectivity index (χ0v) is 9.59. The lowest BCUT2D eigenvalue weighted by atomic mass is 10.0. The highest BCUT2D eigenvalue weighted by atomic mass is 16.2. The van der Waals surface area contributed by atoms with Crippen molar-refractivity contribution < 1.29 is 4.79 Å².